The van der Waals surface area contributed by atoms with Crippen molar-refractivity contribution in [2.75, 3.05) is 13.7 Å². The summed E-state index contributed by atoms with van der Waals surface area (Å²) < 4.78 is 4.99. The first kappa shape index (κ1) is 9.30. The summed E-state index contributed by atoms with van der Waals surface area (Å²) >= 11 is 1.38. The normalized spacial score (nSPS) is 32.5. The lowest BCUT2D eigenvalue weighted by Crippen LogP contribution is -2.42. The largest absolute Gasteiger partial charge is 0.473 e. The molecule has 0 radical (unpaired) electrons. The highest BCUT2D eigenvalue weighted by Gasteiger charge is 2.51. The van der Waals surface area contributed by atoms with Crippen molar-refractivity contribution < 1.29 is 9.53 Å². The Morgan fingerprint density at radius 3 is 3.13 bits per heavy atom. The van der Waals surface area contributed by atoms with Crippen LogP contribution in [0.3, 0.4) is 0 Å². The Morgan fingerprint density at radius 1 is 1.73 bits per heavy atom. The second kappa shape index (κ2) is 3.28. The van der Waals surface area contributed by atoms with Gasteiger partial charge in [-0.15, -0.1) is 0 Å². The first-order chi connectivity index (χ1) is 7.29. The average Bonchev–Trinajstić information content (AvgIpc) is 2.93. The van der Waals surface area contributed by atoms with Crippen LogP contribution >= 0.6 is 11.3 Å². The van der Waals surface area contributed by atoms with E-state index >= 15 is 0 Å². The van der Waals surface area contributed by atoms with Gasteiger partial charge >= 0.3 is 0 Å². The third-order valence-electron chi connectivity index (χ3n) is 3.35. The molecule has 5 heteroatoms. The van der Waals surface area contributed by atoms with Crippen LogP contribution in [0.25, 0.3) is 0 Å². The van der Waals surface area contributed by atoms with E-state index in [2.05, 4.69) is 10.3 Å². The van der Waals surface area contributed by atoms with Crippen LogP contribution in [-0.2, 0) is 0 Å². The molecule has 3 fully saturated rings. The Hall–Kier alpha value is -0.940. The van der Waals surface area contributed by atoms with Crippen LogP contribution in [0.15, 0.2) is 5.38 Å². The molecule has 0 amide bonds. The van der Waals surface area contributed by atoms with E-state index in [1.807, 2.05) is 0 Å². The van der Waals surface area contributed by atoms with Gasteiger partial charge < -0.3 is 10.1 Å². The highest BCUT2D eigenvalue weighted by atomic mass is 32.1. The first-order valence-corrected chi connectivity index (χ1v) is 5.94. The molecule has 3 aliphatic rings. The molecule has 15 heavy (non-hydrogen) atoms. The predicted octanol–water partition coefficient (Wildman–Crippen LogP) is 0.942. The minimum Gasteiger partial charge on any atom is -0.473 e. The molecule has 2 bridgehead atoms. The van der Waals surface area contributed by atoms with Crippen LogP contribution in [0.2, 0.25) is 0 Å². The van der Waals surface area contributed by atoms with Crippen molar-refractivity contribution in [3.8, 4) is 5.19 Å². The summed E-state index contributed by atoms with van der Waals surface area (Å²) in [6.45, 7) is 0.988. The van der Waals surface area contributed by atoms with E-state index in [-0.39, 0.29) is 11.7 Å². The van der Waals surface area contributed by atoms with E-state index in [0.29, 0.717) is 22.8 Å². The summed E-state index contributed by atoms with van der Waals surface area (Å²) in [5.41, 5.74) is 0.570. The fourth-order valence-electron chi connectivity index (χ4n) is 2.51. The summed E-state index contributed by atoms with van der Waals surface area (Å²) in [5.74, 6) is 0.882. The minimum atomic E-state index is 0.164. The number of methoxy groups -OCH3 is 1. The van der Waals surface area contributed by atoms with Crippen LogP contribution < -0.4 is 10.1 Å². The average molecular weight is 224 g/mol. The van der Waals surface area contributed by atoms with Gasteiger partial charge in [0.2, 0.25) is 0 Å². The zero-order valence-electron chi connectivity index (χ0n) is 8.40. The van der Waals surface area contributed by atoms with Crippen molar-refractivity contribution in [3.05, 3.63) is 11.1 Å². The number of aromatic nitrogens is 1. The molecule has 2 aliphatic heterocycles. The molecule has 4 nitrogen and oxygen atoms in total. The van der Waals surface area contributed by atoms with Gasteiger partial charge in [0, 0.05) is 17.3 Å². The zero-order valence-corrected chi connectivity index (χ0v) is 9.21. The lowest BCUT2D eigenvalue weighted by molar-refractivity contribution is 0.0779. The van der Waals surface area contributed by atoms with Gasteiger partial charge in [-0.05, 0) is 18.9 Å². The second-order valence-electron chi connectivity index (χ2n) is 4.10. The van der Waals surface area contributed by atoms with E-state index in [1.54, 1.807) is 12.5 Å². The molecule has 80 valence electrons. The topological polar surface area (TPSA) is 51.2 Å². The number of nitrogens with zero attached hydrogens (tertiary/aromatic N) is 1. The molecule has 3 unspecified atom stereocenters. The molecule has 3 atom stereocenters. The van der Waals surface area contributed by atoms with Gasteiger partial charge in [-0.3, -0.25) is 4.79 Å². The molecule has 2 saturated heterocycles. The number of rotatable bonds is 3. The molecule has 3 heterocycles. The van der Waals surface area contributed by atoms with E-state index < -0.39 is 0 Å². The van der Waals surface area contributed by atoms with Crippen LogP contribution in [0.4, 0.5) is 0 Å². The molecule has 0 aromatic carbocycles. The van der Waals surface area contributed by atoms with E-state index in [0.717, 1.165) is 13.0 Å². The molecular weight excluding hydrogens is 212 g/mol. The molecule has 1 aromatic heterocycles. The van der Waals surface area contributed by atoms with Gasteiger partial charge in [0.05, 0.1) is 7.11 Å². The SMILES string of the molecule is COc1nc(C(=O)C2C3CNC2C3)cs1. The number of Topliss-reactive ketones (excluding diaryl/α,β-unsaturated/α-hetero) is 1. The number of ether oxygens (including phenoxy) is 1. The van der Waals surface area contributed by atoms with Gasteiger partial charge in [-0.25, -0.2) is 0 Å². The highest BCUT2D eigenvalue weighted by Crippen LogP contribution is 2.42. The maximum Gasteiger partial charge on any atom is 0.273 e. The van der Waals surface area contributed by atoms with Crippen molar-refractivity contribution >= 4 is 17.1 Å². The summed E-state index contributed by atoms with van der Waals surface area (Å²) in [5, 5.41) is 5.70. The summed E-state index contributed by atoms with van der Waals surface area (Å²) in [6, 6.07) is 0.398. The van der Waals surface area contributed by atoms with E-state index in [9.17, 15) is 4.79 Å². The molecule has 4 rings (SSSR count). The monoisotopic (exact) mass is 224 g/mol. The van der Waals surface area contributed by atoms with Gasteiger partial charge in [0.25, 0.3) is 5.19 Å². The third-order valence-corrected chi connectivity index (χ3v) is 4.15. The smallest absolute Gasteiger partial charge is 0.273 e. The molecule has 1 saturated carbocycles. The molecule has 1 aliphatic carbocycles. The second-order valence-corrected chi connectivity index (χ2v) is 4.92. The Morgan fingerprint density at radius 2 is 2.60 bits per heavy atom. The van der Waals surface area contributed by atoms with Crippen molar-refractivity contribution in [2.45, 2.75) is 12.5 Å². The molecule has 1 N–H and O–H groups in total. The number of nitrogens with one attached hydrogen (secondary N) is 1. The van der Waals surface area contributed by atoms with Gasteiger partial charge in [0.15, 0.2) is 5.78 Å². The standard InChI is InChI=1S/C10H12N2O2S/c1-14-10-12-7(4-15-10)9(13)8-5-2-6(8)11-3-5/h4-6,8,11H,2-3H2,1H3. The van der Waals surface area contributed by atoms with Crippen molar-refractivity contribution in [1.29, 1.82) is 0 Å². The van der Waals surface area contributed by atoms with E-state index in [1.165, 1.54) is 11.3 Å². The summed E-state index contributed by atoms with van der Waals surface area (Å²) in [7, 11) is 1.57. The number of hydrogen-bond acceptors (Lipinski definition) is 5. The predicted molar refractivity (Wildman–Crippen MR) is 56.4 cm³/mol. The first-order valence-electron chi connectivity index (χ1n) is 5.06. The van der Waals surface area contributed by atoms with Gasteiger partial charge in [-0.2, -0.15) is 4.98 Å². The van der Waals surface area contributed by atoms with Crippen LogP contribution in [0.5, 0.6) is 5.19 Å². The van der Waals surface area contributed by atoms with Gasteiger partial charge in [-0.1, -0.05) is 11.3 Å². The Balaban J connectivity index is 1.79. The fourth-order valence-corrected chi connectivity index (χ4v) is 3.14. The lowest BCUT2D eigenvalue weighted by Gasteiger charge is -2.32. The fraction of sp³-hybridized carbons (Fsp3) is 0.600. The lowest BCUT2D eigenvalue weighted by atomic mass is 9.71. The number of hydrogen-bond donors (Lipinski definition) is 1. The number of carbonyl (C=O) groups excluding carboxylic acids is 1. The number of carbonyl (C=O) groups is 1. The Bertz CT molecular complexity index is 390. The van der Waals surface area contributed by atoms with Crippen LogP contribution in [0.1, 0.15) is 16.9 Å². The number of fused-ring (bicyclic) bond motifs is 1. The minimum absolute atomic E-state index is 0.164. The number of thiazole rings is 1. The van der Waals surface area contributed by atoms with Gasteiger partial charge in [0.1, 0.15) is 5.69 Å². The highest BCUT2D eigenvalue weighted by molar-refractivity contribution is 7.11. The van der Waals surface area contributed by atoms with Crippen molar-refractivity contribution in [3.63, 3.8) is 0 Å². The maximum atomic E-state index is 12.1. The molecule has 1 aromatic rings. The molecular formula is C10H12N2O2S. The summed E-state index contributed by atoms with van der Waals surface area (Å²) in [4.78, 5) is 16.2. The zero-order chi connectivity index (χ0) is 10.4. The number of ketones is 1. The van der Waals surface area contributed by atoms with Crippen LogP contribution in [-0.4, -0.2) is 30.5 Å². The third kappa shape index (κ3) is 1.30. The van der Waals surface area contributed by atoms with Crippen molar-refractivity contribution in [1.82, 2.24) is 10.3 Å². The van der Waals surface area contributed by atoms with Crippen LogP contribution in [0, 0.1) is 11.8 Å². The summed E-state index contributed by atoms with van der Waals surface area (Å²) in [6.07, 6.45) is 1.15. The van der Waals surface area contributed by atoms with E-state index in [4.69, 9.17) is 4.74 Å². The Labute approximate surface area is 91.7 Å². The van der Waals surface area contributed by atoms with Crippen molar-refractivity contribution in [2.24, 2.45) is 11.8 Å². The molecule has 0 spiro atoms. The quantitative estimate of drug-likeness (QED) is 0.776. The maximum absolute atomic E-state index is 12.1. The Kier molecular flexibility index (Phi) is 2.03.